The van der Waals surface area contributed by atoms with Gasteiger partial charge in [-0.05, 0) is 61.4 Å². The number of hydrogen-bond donors (Lipinski definition) is 2. The second kappa shape index (κ2) is 11.2. The molecular weight excluding hydrogens is 456 g/mol. The topological polar surface area (TPSA) is 61.4 Å². The minimum Gasteiger partial charge on any atom is -0.355 e. The standard InChI is InChI=1S/C26H25F2N3O2S/c27-26(28)34-21-12-10-20(11-13-21)29-23-9-5-4-8-22(23)25(33)31-16-14-18(15-17-31)24(32)30-19-6-2-1-3-7-19/h1-13,18,26,29H,14-17H2,(H,30,32). The maximum absolute atomic E-state index is 13.3. The molecule has 1 saturated heterocycles. The lowest BCUT2D eigenvalue weighted by Gasteiger charge is -2.32. The molecule has 0 aromatic heterocycles. The molecule has 0 radical (unpaired) electrons. The number of carbonyl (C=O) groups is 2. The van der Waals surface area contributed by atoms with Gasteiger partial charge >= 0.3 is 0 Å². The zero-order valence-corrected chi connectivity index (χ0v) is 19.2. The average molecular weight is 482 g/mol. The van der Waals surface area contributed by atoms with E-state index in [0.717, 1.165) is 5.69 Å². The minimum absolute atomic E-state index is 0.0196. The van der Waals surface area contributed by atoms with Crippen LogP contribution in [0, 0.1) is 5.92 Å². The lowest BCUT2D eigenvalue weighted by molar-refractivity contribution is -0.121. The predicted octanol–water partition coefficient (Wildman–Crippen LogP) is 6.24. The molecule has 3 aromatic rings. The van der Waals surface area contributed by atoms with Gasteiger partial charge < -0.3 is 15.5 Å². The molecule has 1 aliphatic heterocycles. The number of carbonyl (C=O) groups excluding carboxylic acids is 2. The van der Waals surface area contributed by atoms with E-state index < -0.39 is 5.76 Å². The van der Waals surface area contributed by atoms with Crippen LogP contribution in [0.15, 0.2) is 83.8 Å². The minimum atomic E-state index is -2.47. The van der Waals surface area contributed by atoms with Crippen molar-refractivity contribution in [3.63, 3.8) is 0 Å². The molecule has 0 unspecified atom stereocenters. The molecule has 4 rings (SSSR count). The van der Waals surface area contributed by atoms with Crippen molar-refractivity contribution in [1.82, 2.24) is 4.90 Å². The van der Waals surface area contributed by atoms with Crippen molar-refractivity contribution < 1.29 is 18.4 Å². The van der Waals surface area contributed by atoms with Gasteiger partial charge in [0.2, 0.25) is 5.91 Å². The Hall–Kier alpha value is -3.39. The summed E-state index contributed by atoms with van der Waals surface area (Å²) in [6.45, 7) is 0.999. The SMILES string of the molecule is O=C(Nc1ccccc1)C1CCN(C(=O)c2ccccc2Nc2ccc(SC(F)F)cc2)CC1. The first-order valence-electron chi connectivity index (χ1n) is 11.1. The van der Waals surface area contributed by atoms with E-state index in [-0.39, 0.29) is 17.7 Å². The highest BCUT2D eigenvalue weighted by Gasteiger charge is 2.28. The Morgan fingerprint density at radius 1 is 0.853 bits per heavy atom. The fourth-order valence-electron chi connectivity index (χ4n) is 3.93. The second-order valence-electron chi connectivity index (χ2n) is 8.00. The maximum atomic E-state index is 13.3. The third kappa shape index (κ3) is 6.14. The van der Waals surface area contributed by atoms with Crippen LogP contribution >= 0.6 is 11.8 Å². The zero-order valence-electron chi connectivity index (χ0n) is 18.4. The first-order valence-corrected chi connectivity index (χ1v) is 11.9. The van der Waals surface area contributed by atoms with Crippen LogP contribution in [0.2, 0.25) is 0 Å². The van der Waals surface area contributed by atoms with Crippen LogP contribution in [0.25, 0.3) is 0 Å². The summed E-state index contributed by atoms with van der Waals surface area (Å²) in [6, 6.07) is 23.2. The van der Waals surface area contributed by atoms with Gasteiger partial charge in [0.1, 0.15) is 0 Å². The van der Waals surface area contributed by atoms with E-state index in [0.29, 0.717) is 59.5 Å². The fourth-order valence-corrected chi connectivity index (χ4v) is 4.43. The van der Waals surface area contributed by atoms with Crippen LogP contribution in [0.3, 0.4) is 0 Å². The largest absolute Gasteiger partial charge is 0.355 e. The van der Waals surface area contributed by atoms with Gasteiger partial charge in [-0.2, -0.15) is 8.78 Å². The number of nitrogens with zero attached hydrogens (tertiary/aromatic N) is 1. The molecule has 1 aliphatic rings. The van der Waals surface area contributed by atoms with Crippen molar-refractivity contribution in [2.45, 2.75) is 23.5 Å². The molecule has 0 spiro atoms. The average Bonchev–Trinajstić information content (AvgIpc) is 2.85. The molecule has 1 fully saturated rings. The van der Waals surface area contributed by atoms with E-state index >= 15 is 0 Å². The second-order valence-corrected chi connectivity index (χ2v) is 9.06. The Kier molecular flexibility index (Phi) is 7.80. The van der Waals surface area contributed by atoms with Crippen LogP contribution < -0.4 is 10.6 Å². The quantitative estimate of drug-likeness (QED) is 0.393. The number of likely N-dealkylation sites (tertiary alicyclic amines) is 1. The molecule has 1 heterocycles. The summed E-state index contributed by atoms with van der Waals surface area (Å²) < 4.78 is 25.1. The van der Waals surface area contributed by atoms with E-state index in [1.807, 2.05) is 42.5 Å². The highest BCUT2D eigenvalue weighted by molar-refractivity contribution is 7.99. The van der Waals surface area contributed by atoms with E-state index in [9.17, 15) is 18.4 Å². The third-order valence-electron chi connectivity index (χ3n) is 5.71. The number of nitrogens with one attached hydrogen (secondary N) is 2. The van der Waals surface area contributed by atoms with Crippen molar-refractivity contribution in [2.24, 2.45) is 5.92 Å². The number of rotatable bonds is 7. The smallest absolute Gasteiger partial charge is 0.288 e. The van der Waals surface area contributed by atoms with Crippen molar-refractivity contribution in [2.75, 3.05) is 23.7 Å². The van der Waals surface area contributed by atoms with Gasteiger partial charge in [-0.3, -0.25) is 9.59 Å². The Labute approximate surface area is 201 Å². The van der Waals surface area contributed by atoms with E-state index in [2.05, 4.69) is 10.6 Å². The molecule has 2 amide bonds. The van der Waals surface area contributed by atoms with Gasteiger partial charge in [0.15, 0.2) is 0 Å². The summed E-state index contributed by atoms with van der Waals surface area (Å²) in [5.74, 6) is -2.73. The molecule has 34 heavy (non-hydrogen) atoms. The number of hydrogen-bond acceptors (Lipinski definition) is 4. The number of benzene rings is 3. The molecule has 0 atom stereocenters. The summed E-state index contributed by atoms with van der Waals surface area (Å²) in [5, 5.41) is 6.16. The first kappa shape index (κ1) is 23.8. The highest BCUT2D eigenvalue weighted by Crippen LogP contribution is 2.29. The molecule has 8 heteroatoms. The number of amides is 2. The highest BCUT2D eigenvalue weighted by atomic mass is 32.2. The Morgan fingerprint density at radius 3 is 2.18 bits per heavy atom. The van der Waals surface area contributed by atoms with E-state index in [1.165, 1.54) is 0 Å². The van der Waals surface area contributed by atoms with Crippen molar-refractivity contribution in [1.29, 1.82) is 0 Å². The molecule has 3 aromatic carbocycles. The van der Waals surface area contributed by atoms with Crippen LogP contribution in [0.5, 0.6) is 0 Å². The monoisotopic (exact) mass is 481 g/mol. The Balaban J connectivity index is 1.37. The predicted molar refractivity (Wildman–Crippen MR) is 132 cm³/mol. The Morgan fingerprint density at radius 2 is 1.50 bits per heavy atom. The van der Waals surface area contributed by atoms with Crippen molar-refractivity contribution >= 4 is 40.6 Å². The van der Waals surface area contributed by atoms with E-state index in [1.54, 1.807) is 41.3 Å². The van der Waals surface area contributed by atoms with Crippen LogP contribution in [0.1, 0.15) is 23.2 Å². The lowest BCUT2D eigenvalue weighted by Crippen LogP contribution is -2.41. The van der Waals surface area contributed by atoms with Gasteiger partial charge in [0.25, 0.3) is 11.7 Å². The van der Waals surface area contributed by atoms with Gasteiger partial charge in [-0.1, -0.05) is 42.1 Å². The van der Waals surface area contributed by atoms with Gasteiger partial charge in [-0.25, -0.2) is 0 Å². The molecule has 0 aliphatic carbocycles. The van der Waals surface area contributed by atoms with Crippen LogP contribution in [-0.4, -0.2) is 35.6 Å². The third-order valence-corrected chi connectivity index (χ3v) is 6.43. The fraction of sp³-hybridized carbons (Fsp3) is 0.231. The molecule has 5 nitrogen and oxygen atoms in total. The number of halogens is 2. The number of alkyl halides is 2. The first-order chi connectivity index (χ1) is 16.5. The molecular formula is C26H25F2N3O2S. The van der Waals surface area contributed by atoms with Gasteiger partial charge in [0.05, 0.1) is 11.3 Å². The summed E-state index contributed by atoms with van der Waals surface area (Å²) in [6.07, 6.45) is 1.20. The summed E-state index contributed by atoms with van der Waals surface area (Å²) >= 11 is 0.492. The lowest BCUT2D eigenvalue weighted by atomic mass is 9.95. The van der Waals surface area contributed by atoms with Crippen LogP contribution in [-0.2, 0) is 4.79 Å². The summed E-state index contributed by atoms with van der Waals surface area (Å²) in [5.41, 5.74) is 2.65. The van der Waals surface area contributed by atoms with Crippen LogP contribution in [0.4, 0.5) is 25.8 Å². The summed E-state index contributed by atoms with van der Waals surface area (Å²) in [7, 11) is 0. The number of thioether (sulfide) groups is 1. The van der Waals surface area contributed by atoms with Gasteiger partial charge in [-0.15, -0.1) is 0 Å². The number of anilines is 3. The molecule has 2 N–H and O–H groups in total. The van der Waals surface area contributed by atoms with Gasteiger partial charge in [0, 0.05) is 35.3 Å². The molecule has 176 valence electrons. The van der Waals surface area contributed by atoms with Crippen molar-refractivity contribution in [3.05, 3.63) is 84.4 Å². The zero-order chi connectivity index (χ0) is 23.9. The number of piperidine rings is 1. The number of para-hydroxylation sites is 2. The molecule has 0 bridgehead atoms. The normalized spacial score (nSPS) is 14.1. The van der Waals surface area contributed by atoms with E-state index in [4.69, 9.17) is 0 Å². The Bertz CT molecular complexity index is 1120. The van der Waals surface area contributed by atoms with Crippen molar-refractivity contribution in [3.8, 4) is 0 Å². The molecule has 0 saturated carbocycles. The maximum Gasteiger partial charge on any atom is 0.288 e. The summed E-state index contributed by atoms with van der Waals surface area (Å²) in [4.78, 5) is 28.1.